The Morgan fingerprint density at radius 3 is 3.00 bits per heavy atom. The summed E-state index contributed by atoms with van der Waals surface area (Å²) < 4.78 is 5.08. The van der Waals surface area contributed by atoms with Gasteiger partial charge in [-0.1, -0.05) is 6.42 Å². The minimum Gasteiger partial charge on any atom is -0.465 e. The highest BCUT2D eigenvalue weighted by Crippen LogP contribution is 2.21. The molecule has 90 valence electrons. The largest absolute Gasteiger partial charge is 0.465 e. The van der Waals surface area contributed by atoms with E-state index in [-0.39, 0.29) is 18.1 Å². The molecule has 0 aromatic heterocycles. The average molecular weight is 224 g/mol. The number of nitriles is 1. The number of carbonyl (C=O) groups is 1. The van der Waals surface area contributed by atoms with Crippen molar-refractivity contribution in [3.8, 4) is 6.07 Å². The van der Waals surface area contributed by atoms with Crippen molar-refractivity contribution in [3.63, 3.8) is 0 Å². The van der Waals surface area contributed by atoms with Gasteiger partial charge in [-0.05, 0) is 33.2 Å². The van der Waals surface area contributed by atoms with Gasteiger partial charge < -0.3 is 4.74 Å². The fourth-order valence-electron chi connectivity index (χ4n) is 2.22. The molecule has 1 heterocycles. The second-order valence-electron chi connectivity index (χ2n) is 4.21. The SMILES string of the molecule is CCOC(=O)C1CCCCN1C(C)CC#N. The highest BCUT2D eigenvalue weighted by Gasteiger charge is 2.32. The van der Waals surface area contributed by atoms with E-state index in [0.29, 0.717) is 13.0 Å². The van der Waals surface area contributed by atoms with Crippen LogP contribution in [0.3, 0.4) is 0 Å². The van der Waals surface area contributed by atoms with Crippen molar-refractivity contribution in [3.05, 3.63) is 0 Å². The molecule has 0 aromatic rings. The van der Waals surface area contributed by atoms with E-state index in [0.717, 1.165) is 25.8 Å². The number of hydrogen-bond donors (Lipinski definition) is 0. The lowest BCUT2D eigenvalue weighted by Crippen LogP contribution is -2.49. The van der Waals surface area contributed by atoms with Crippen molar-refractivity contribution in [1.29, 1.82) is 5.26 Å². The van der Waals surface area contributed by atoms with E-state index in [2.05, 4.69) is 11.0 Å². The van der Waals surface area contributed by atoms with Crippen LogP contribution in [0.2, 0.25) is 0 Å². The van der Waals surface area contributed by atoms with Gasteiger partial charge in [0.15, 0.2) is 0 Å². The first-order valence-corrected chi connectivity index (χ1v) is 6.00. The molecule has 0 bridgehead atoms. The van der Waals surface area contributed by atoms with E-state index in [1.54, 1.807) is 0 Å². The van der Waals surface area contributed by atoms with Crippen LogP contribution in [0, 0.1) is 11.3 Å². The fourth-order valence-corrected chi connectivity index (χ4v) is 2.22. The molecule has 1 rings (SSSR count). The minimum atomic E-state index is -0.142. The van der Waals surface area contributed by atoms with Crippen molar-refractivity contribution in [2.75, 3.05) is 13.2 Å². The molecule has 16 heavy (non-hydrogen) atoms. The quantitative estimate of drug-likeness (QED) is 0.682. The third-order valence-electron chi connectivity index (χ3n) is 3.06. The number of piperidine rings is 1. The number of nitrogens with zero attached hydrogens (tertiary/aromatic N) is 2. The zero-order valence-electron chi connectivity index (χ0n) is 10.1. The zero-order chi connectivity index (χ0) is 12.0. The first kappa shape index (κ1) is 13.0. The molecular formula is C12H20N2O2. The topological polar surface area (TPSA) is 53.3 Å². The van der Waals surface area contributed by atoms with Crippen LogP contribution in [-0.4, -0.2) is 36.1 Å². The minimum absolute atomic E-state index is 0.132. The summed E-state index contributed by atoms with van der Waals surface area (Å²) >= 11 is 0. The number of esters is 1. The van der Waals surface area contributed by atoms with Gasteiger partial charge in [-0.2, -0.15) is 5.26 Å². The Morgan fingerprint density at radius 2 is 2.38 bits per heavy atom. The molecule has 4 heteroatoms. The Kier molecular flexibility index (Phi) is 5.27. The number of carbonyl (C=O) groups excluding carboxylic acids is 1. The predicted octanol–water partition coefficient (Wildman–Crippen LogP) is 1.71. The van der Waals surface area contributed by atoms with E-state index in [1.807, 2.05) is 13.8 Å². The lowest BCUT2D eigenvalue weighted by Gasteiger charge is -2.37. The molecule has 0 aliphatic carbocycles. The highest BCUT2D eigenvalue weighted by atomic mass is 16.5. The molecule has 4 nitrogen and oxygen atoms in total. The first-order chi connectivity index (χ1) is 7.70. The van der Waals surface area contributed by atoms with Gasteiger partial charge in [-0.25, -0.2) is 0 Å². The summed E-state index contributed by atoms with van der Waals surface area (Å²) in [5, 5.41) is 8.70. The molecule has 0 radical (unpaired) electrons. The Labute approximate surface area is 97.2 Å². The molecule has 1 saturated heterocycles. The van der Waals surface area contributed by atoms with Crippen molar-refractivity contribution in [1.82, 2.24) is 4.90 Å². The molecule has 0 aromatic carbocycles. The molecule has 1 aliphatic heterocycles. The van der Waals surface area contributed by atoms with Crippen LogP contribution in [0.25, 0.3) is 0 Å². The Balaban J connectivity index is 2.63. The maximum atomic E-state index is 11.8. The molecule has 1 fully saturated rings. The van der Waals surface area contributed by atoms with E-state index in [9.17, 15) is 4.79 Å². The number of likely N-dealkylation sites (tertiary alicyclic amines) is 1. The summed E-state index contributed by atoms with van der Waals surface area (Å²) in [5.41, 5.74) is 0. The van der Waals surface area contributed by atoms with Crippen LogP contribution < -0.4 is 0 Å². The summed E-state index contributed by atoms with van der Waals surface area (Å²) in [7, 11) is 0. The first-order valence-electron chi connectivity index (χ1n) is 6.00. The third kappa shape index (κ3) is 3.21. The molecule has 0 spiro atoms. The van der Waals surface area contributed by atoms with Crippen LogP contribution in [0.5, 0.6) is 0 Å². The van der Waals surface area contributed by atoms with Gasteiger partial charge in [0.25, 0.3) is 0 Å². The average Bonchev–Trinajstić information content (AvgIpc) is 2.30. The summed E-state index contributed by atoms with van der Waals surface area (Å²) in [4.78, 5) is 13.9. The van der Waals surface area contributed by atoms with Crippen LogP contribution in [-0.2, 0) is 9.53 Å². The molecule has 0 N–H and O–H groups in total. The van der Waals surface area contributed by atoms with E-state index < -0.39 is 0 Å². The van der Waals surface area contributed by atoms with Gasteiger partial charge in [0.05, 0.1) is 19.1 Å². The Hall–Kier alpha value is -1.08. The summed E-state index contributed by atoms with van der Waals surface area (Å²) in [6, 6.07) is 2.16. The van der Waals surface area contributed by atoms with Gasteiger partial charge in [-0.15, -0.1) is 0 Å². The van der Waals surface area contributed by atoms with Gasteiger partial charge >= 0.3 is 5.97 Å². The smallest absolute Gasteiger partial charge is 0.323 e. The van der Waals surface area contributed by atoms with Gasteiger partial charge in [0.1, 0.15) is 6.04 Å². The van der Waals surface area contributed by atoms with Crippen molar-refractivity contribution in [2.24, 2.45) is 0 Å². The normalized spacial score (nSPS) is 23.4. The maximum Gasteiger partial charge on any atom is 0.323 e. The highest BCUT2D eigenvalue weighted by molar-refractivity contribution is 5.75. The van der Waals surface area contributed by atoms with E-state index in [1.165, 1.54) is 0 Å². The molecular weight excluding hydrogens is 204 g/mol. The fraction of sp³-hybridized carbons (Fsp3) is 0.833. The van der Waals surface area contributed by atoms with Crippen LogP contribution in [0.4, 0.5) is 0 Å². The van der Waals surface area contributed by atoms with Gasteiger partial charge in [0, 0.05) is 6.04 Å². The monoisotopic (exact) mass is 224 g/mol. The molecule has 2 atom stereocenters. The second kappa shape index (κ2) is 6.49. The van der Waals surface area contributed by atoms with Crippen molar-refractivity contribution >= 4 is 5.97 Å². The number of ether oxygens (including phenoxy) is 1. The standard InChI is InChI=1S/C12H20N2O2/c1-3-16-12(15)11-6-4-5-9-14(11)10(2)7-8-13/h10-11H,3-7,9H2,1-2H3. The van der Waals surface area contributed by atoms with Crippen molar-refractivity contribution < 1.29 is 9.53 Å². The summed E-state index contributed by atoms with van der Waals surface area (Å²) in [5.74, 6) is -0.132. The second-order valence-corrected chi connectivity index (χ2v) is 4.21. The Morgan fingerprint density at radius 1 is 1.62 bits per heavy atom. The Bertz CT molecular complexity index is 273. The van der Waals surface area contributed by atoms with Crippen molar-refractivity contribution in [2.45, 2.75) is 51.6 Å². The van der Waals surface area contributed by atoms with E-state index in [4.69, 9.17) is 10.00 Å². The number of rotatable bonds is 4. The summed E-state index contributed by atoms with van der Waals surface area (Å²) in [6.07, 6.45) is 3.50. The summed E-state index contributed by atoms with van der Waals surface area (Å²) in [6.45, 7) is 5.15. The predicted molar refractivity (Wildman–Crippen MR) is 60.7 cm³/mol. The number of hydrogen-bond acceptors (Lipinski definition) is 4. The van der Waals surface area contributed by atoms with Gasteiger partial charge in [0.2, 0.25) is 0 Å². The molecule has 2 unspecified atom stereocenters. The molecule has 0 saturated carbocycles. The van der Waals surface area contributed by atoms with Crippen LogP contribution in [0.15, 0.2) is 0 Å². The van der Waals surface area contributed by atoms with Crippen LogP contribution >= 0.6 is 0 Å². The lowest BCUT2D eigenvalue weighted by molar-refractivity contribution is -0.151. The maximum absolute atomic E-state index is 11.8. The molecule has 0 amide bonds. The van der Waals surface area contributed by atoms with E-state index >= 15 is 0 Å². The molecule has 1 aliphatic rings. The van der Waals surface area contributed by atoms with Crippen LogP contribution in [0.1, 0.15) is 39.5 Å². The van der Waals surface area contributed by atoms with Gasteiger partial charge in [-0.3, -0.25) is 9.69 Å². The zero-order valence-corrected chi connectivity index (χ0v) is 10.1. The lowest BCUT2D eigenvalue weighted by atomic mass is 9.99. The third-order valence-corrected chi connectivity index (χ3v) is 3.06.